The molecule has 0 saturated heterocycles. The molecule has 0 fully saturated rings. The van der Waals surface area contributed by atoms with Gasteiger partial charge in [0.2, 0.25) is 0 Å². The summed E-state index contributed by atoms with van der Waals surface area (Å²) in [6.45, 7) is 4.22. The van der Waals surface area contributed by atoms with E-state index >= 15 is 0 Å². The number of hydrogen-bond donors (Lipinski definition) is 0. The highest BCUT2D eigenvalue weighted by molar-refractivity contribution is 5.89. The quantitative estimate of drug-likeness (QED) is 0.641. The van der Waals surface area contributed by atoms with Crippen LogP contribution < -0.4 is 0 Å². The fourth-order valence-electron chi connectivity index (χ4n) is 3.78. The standard InChI is InChI=1S/C24H28O4/c1-16(2)8-13-22(25)28-23-20(15-19-6-4-5-7-21(19)23)14-17-9-11-18(12-10-17)24(26)27-3/h4-7,9-12,16,20,23H,8,13-15H2,1-3H3. The Morgan fingerprint density at radius 3 is 2.46 bits per heavy atom. The Morgan fingerprint density at radius 1 is 1.07 bits per heavy atom. The zero-order valence-electron chi connectivity index (χ0n) is 16.8. The van der Waals surface area contributed by atoms with Gasteiger partial charge in [0.15, 0.2) is 0 Å². The minimum Gasteiger partial charge on any atom is -0.465 e. The minimum atomic E-state index is -0.336. The molecule has 0 saturated carbocycles. The monoisotopic (exact) mass is 380 g/mol. The number of esters is 2. The first kappa shape index (κ1) is 20.1. The Kier molecular flexibility index (Phi) is 6.50. The number of hydrogen-bond acceptors (Lipinski definition) is 4. The lowest BCUT2D eigenvalue weighted by Gasteiger charge is -2.21. The summed E-state index contributed by atoms with van der Waals surface area (Å²) in [7, 11) is 1.38. The zero-order valence-corrected chi connectivity index (χ0v) is 16.8. The van der Waals surface area contributed by atoms with Gasteiger partial charge in [-0.05, 0) is 54.0 Å². The first-order valence-corrected chi connectivity index (χ1v) is 9.92. The van der Waals surface area contributed by atoms with Gasteiger partial charge in [0.25, 0.3) is 0 Å². The molecule has 4 nitrogen and oxygen atoms in total. The van der Waals surface area contributed by atoms with E-state index in [-0.39, 0.29) is 24.0 Å². The van der Waals surface area contributed by atoms with E-state index in [9.17, 15) is 9.59 Å². The van der Waals surface area contributed by atoms with Crippen molar-refractivity contribution in [2.24, 2.45) is 11.8 Å². The third kappa shape index (κ3) is 4.80. The molecule has 1 aliphatic rings. The second-order valence-corrected chi connectivity index (χ2v) is 7.90. The largest absolute Gasteiger partial charge is 0.465 e. The predicted molar refractivity (Wildman–Crippen MR) is 108 cm³/mol. The summed E-state index contributed by atoms with van der Waals surface area (Å²) in [5.41, 5.74) is 4.03. The van der Waals surface area contributed by atoms with Gasteiger partial charge in [-0.3, -0.25) is 4.79 Å². The van der Waals surface area contributed by atoms with Crippen molar-refractivity contribution in [1.82, 2.24) is 0 Å². The van der Waals surface area contributed by atoms with E-state index in [1.165, 1.54) is 12.7 Å². The van der Waals surface area contributed by atoms with Crippen molar-refractivity contribution < 1.29 is 19.1 Å². The van der Waals surface area contributed by atoms with Gasteiger partial charge < -0.3 is 9.47 Å². The van der Waals surface area contributed by atoms with Crippen molar-refractivity contribution in [3.8, 4) is 0 Å². The summed E-state index contributed by atoms with van der Waals surface area (Å²) in [6.07, 6.45) is 2.76. The van der Waals surface area contributed by atoms with Crippen molar-refractivity contribution in [1.29, 1.82) is 0 Å². The molecule has 0 radical (unpaired) electrons. The Labute approximate surface area is 166 Å². The van der Waals surface area contributed by atoms with E-state index in [1.807, 2.05) is 24.3 Å². The van der Waals surface area contributed by atoms with Gasteiger partial charge in [-0.25, -0.2) is 4.79 Å². The van der Waals surface area contributed by atoms with Gasteiger partial charge in [-0.15, -0.1) is 0 Å². The van der Waals surface area contributed by atoms with E-state index in [0.717, 1.165) is 30.4 Å². The van der Waals surface area contributed by atoms with Crippen LogP contribution in [0, 0.1) is 11.8 Å². The average Bonchev–Trinajstić information content (AvgIpc) is 3.03. The molecule has 0 N–H and O–H groups in total. The summed E-state index contributed by atoms with van der Waals surface area (Å²) in [5, 5.41) is 0. The van der Waals surface area contributed by atoms with Gasteiger partial charge >= 0.3 is 11.9 Å². The van der Waals surface area contributed by atoms with E-state index < -0.39 is 0 Å². The number of carbonyl (C=O) groups excluding carboxylic acids is 2. The molecular weight excluding hydrogens is 352 g/mol. The van der Waals surface area contributed by atoms with Crippen molar-refractivity contribution >= 4 is 11.9 Å². The molecule has 0 aliphatic heterocycles. The normalized spacial score (nSPS) is 18.0. The highest BCUT2D eigenvalue weighted by Crippen LogP contribution is 2.40. The summed E-state index contributed by atoms with van der Waals surface area (Å²) in [4.78, 5) is 24.0. The molecule has 2 atom stereocenters. The van der Waals surface area contributed by atoms with Crippen molar-refractivity contribution in [3.05, 3.63) is 70.8 Å². The molecule has 0 aromatic heterocycles. The van der Waals surface area contributed by atoms with Gasteiger partial charge in [0, 0.05) is 12.3 Å². The Morgan fingerprint density at radius 2 is 1.79 bits per heavy atom. The maximum Gasteiger partial charge on any atom is 0.337 e. The van der Waals surface area contributed by atoms with Crippen molar-refractivity contribution in [3.63, 3.8) is 0 Å². The number of methoxy groups -OCH3 is 1. The summed E-state index contributed by atoms with van der Waals surface area (Å²) in [6, 6.07) is 15.7. The van der Waals surface area contributed by atoms with Crippen LogP contribution in [0.25, 0.3) is 0 Å². The number of carbonyl (C=O) groups is 2. The average molecular weight is 380 g/mol. The van der Waals surface area contributed by atoms with E-state index in [2.05, 4.69) is 26.0 Å². The highest BCUT2D eigenvalue weighted by atomic mass is 16.5. The molecule has 0 heterocycles. The van der Waals surface area contributed by atoms with Gasteiger partial charge in [0.1, 0.15) is 6.10 Å². The lowest BCUT2D eigenvalue weighted by Crippen LogP contribution is -2.18. The maximum absolute atomic E-state index is 12.4. The molecule has 2 aromatic carbocycles. The Balaban J connectivity index is 1.73. The van der Waals surface area contributed by atoms with Crippen molar-refractivity contribution in [2.75, 3.05) is 7.11 Å². The first-order chi connectivity index (χ1) is 13.5. The molecule has 3 rings (SSSR count). The third-order valence-electron chi connectivity index (χ3n) is 5.33. The van der Waals surface area contributed by atoms with Crippen LogP contribution >= 0.6 is 0 Å². The van der Waals surface area contributed by atoms with Gasteiger partial charge in [0.05, 0.1) is 12.7 Å². The Hall–Kier alpha value is -2.62. The molecule has 1 aliphatic carbocycles. The van der Waals surface area contributed by atoms with Crippen LogP contribution in [0.5, 0.6) is 0 Å². The highest BCUT2D eigenvalue weighted by Gasteiger charge is 2.35. The van der Waals surface area contributed by atoms with E-state index in [4.69, 9.17) is 9.47 Å². The van der Waals surface area contributed by atoms with Crippen LogP contribution in [0.4, 0.5) is 0 Å². The lowest BCUT2D eigenvalue weighted by atomic mass is 9.94. The summed E-state index contributed by atoms with van der Waals surface area (Å²) in [5.74, 6) is 0.218. The van der Waals surface area contributed by atoms with E-state index in [1.54, 1.807) is 12.1 Å². The van der Waals surface area contributed by atoms with Crippen LogP contribution in [-0.2, 0) is 27.1 Å². The molecule has 0 spiro atoms. The first-order valence-electron chi connectivity index (χ1n) is 9.92. The topological polar surface area (TPSA) is 52.6 Å². The van der Waals surface area contributed by atoms with E-state index in [0.29, 0.717) is 17.9 Å². The molecule has 28 heavy (non-hydrogen) atoms. The molecule has 0 bridgehead atoms. The summed E-state index contributed by atoms with van der Waals surface area (Å²) < 4.78 is 10.7. The van der Waals surface area contributed by atoms with Gasteiger partial charge in [-0.1, -0.05) is 50.2 Å². The molecule has 0 amide bonds. The van der Waals surface area contributed by atoms with Crippen LogP contribution in [0.2, 0.25) is 0 Å². The van der Waals surface area contributed by atoms with Crippen LogP contribution in [0.3, 0.4) is 0 Å². The molecule has 148 valence electrons. The van der Waals surface area contributed by atoms with Crippen LogP contribution in [0.15, 0.2) is 48.5 Å². The zero-order chi connectivity index (χ0) is 20.1. The third-order valence-corrected chi connectivity index (χ3v) is 5.33. The van der Waals surface area contributed by atoms with Crippen LogP contribution in [-0.4, -0.2) is 19.0 Å². The van der Waals surface area contributed by atoms with Gasteiger partial charge in [-0.2, -0.15) is 0 Å². The number of benzene rings is 2. The molecule has 4 heteroatoms. The number of rotatable bonds is 7. The molecule has 2 aromatic rings. The molecule has 2 unspecified atom stereocenters. The maximum atomic E-state index is 12.4. The Bertz CT molecular complexity index is 823. The second kappa shape index (κ2) is 9.05. The number of fused-ring (bicyclic) bond motifs is 1. The second-order valence-electron chi connectivity index (χ2n) is 7.90. The fourth-order valence-corrected chi connectivity index (χ4v) is 3.78. The lowest BCUT2D eigenvalue weighted by molar-refractivity contribution is -0.152. The van der Waals surface area contributed by atoms with Crippen molar-refractivity contribution in [2.45, 2.75) is 45.6 Å². The minimum absolute atomic E-state index is 0.124. The fraction of sp³-hybridized carbons (Fsp3) is 0.417. The van der Waals surface area contributed by atoms with Crippen LogP contribution in [0.1, 0.15) is 59.8 Å². The number of ether oxygens (including phenoxy) is 2. The summed E-state index contributed by atoms with van der Waals surface area (Å²) >= 11 is 0. The SMILES string of the molecule is COC(=O)c1ccc(CC2Cc3ccccc3C2OC(=O)CCC(C)C)cc1. The molecular formula is C24H28O4. The predicted octanol–water partition coefficient (Wildman–Crippen LogP) is 4.91. The smallest absolute Gasteiger partial charge is 0.337 e.